The van der Waals surface area contributed by atoms with Crippen molar-refractivity contribution >= 4 is 11.9 Å². The van der Waals surface area contributed by atoms with Gasteiger partial charge >= 0.3 is 5.97 Å². The highest BCUT2D eigenvalue weighted by atomic mass is 16.5. The zero-order valence-corrected chi connectivity index (χ0v) is 17.7. The van der Waals surface area contributed by atoms with E-state index in [1.165, 1.54) is 0 Å². The van der Waals surface area contributed by atoms with Crippen molar-refractivity contribution in [2.45, 2.75) is 34.1 Å². The van der Waals surface area contributed by atoms with Crippen LogP contribution in [0.25, 0.3) is 22.4 Å². The summed E-state index contributed by atoms with van der Waals surface area (Å²) in [6.45, 7) is 7.79. The number of carbonyl (C=O) groups excluding carboxylic acids is 2. The van der Waals surface area contributed by atoms with E-state index in [0.29, 0.717) is 18.0 Å². The first-order valence-electron chi connectivity index (χ1n) is 9.81. The monoisotopic (exact) mass is 403 g/mol. The SMILES string of the molecule is CCOC(=O)Cc1ccc(-c2ccc(-c3nc(C(N)=O)c(C)nc3C)cc2)c(C)c1. The maximum absolute atomic E-state index is 11.7. The number of aryl methyl sites for hydroxylation is 3. The summed E-state index contributed by atoms with van der Waals surface area (Å²) >= 11 is 0. The molecule has 0 spiro atoms. The maximum Gasteiger partial charge on any atom is 0.310 e. The van der Waals surface area contributed by atoms with Gasteiger partial charge < -0.3 is 10.5 Å². The van der Waals surface area contributed by atoms with Crippen molar-refractivity contribution in [2.24, 2.45) is 5.73 Å². The molecule has 1 amide bonds. The molecule has 1 heterocycles. The number of ether oxygens (including phenoxy) is 1. The average molecular weight is 403 g/mol. The largest absolute Gasteiger partial charge is 0.466 e. The first-order chi connectivity index (χ1) is 14.3. The number of nitrogens with two attached hydrogens (primary N) is 1. The van der Waals surface area contributed by atoms with E-state index in [-0.39, 0.29) is 18.1 Å². The highest BCUT2D eigenvalue weighted by Crippen LogP contribution is 2.28. The molecule has 0 bridgehead atoms. The molecule has 2 N–H and O–H groups in total. The first-order valence-corrected chi connectivity index (χ1v) is 9.81. The molecule has 154 valence electrons. The molecular formula is C24H25N3O3. The number of hydrogen-bond donors (Lipinski definition) is 1. The number of esters is 1. The van der Waals surface area contributed by atoms with Gasteiger partial charge in [0.1, 0.15) is 5.69 Å². The molecule has 3 rings (SSSR count). The van der Waals surface area contributed by atoms with Crippen LogP contribution >= 0.6 is 0 Å². The van der Waals surface area contributed by atoms with E-state index in [1.807, 2.05) is 56.3 Å². The van der Waals surface area contributed by atoms with Crippen molar-refractivity contribution < 1.29 is 14.3 Å². The number of nitrogens with zero attached hydrogens (tertiary/aromatic N) is 2. The molecule has 30 heavy (non-hydrogen) atoms. The van der Waals surface area contributed by atoms with E-state index >= 15 is 0 Å². The predicted molar refractivity (Wildman–Crippen MR) is 116 cm³/mol. The molecule has 0 radical (unpaired) electrons. The molecule has 2 aromatic carbocycles. The third kappa shape index (κ3) is 4.54. The Kier molecular flexibility index (Phi) is 6.26. The Morgan fingerprint density at radius 2 is 1.60 bits per heavy atom. The second-order valence-electron chi connectivity index (χ2n) is 7.16. The molecule has 0 saturated carbocycles. The van der Waals surface area contributed by atoms with E-state index in [1.54, 1.807) is 13.8 Å². The lowest BCUT2D eigenvalue weighted by Gasteiger charge is -2.11. The highest BCUT2D eigenvalue weighted by molar-refractivity contribution is 5.92. The molecule has 0 aliphatic carbocycles. The quantitative estimate of drug-likeness (QED) is 0.629. The number of aromatic nitrogens is 2. The van der Waals surface area contributed by atoms with Crippen LogP contribution in [0.4, 0.5) is 0 Å². The summed E-state index contributed by atoms with van der Waals surface area (Å²) in [5.41, 5.74) is 12.5. The number of carbonyl (C=O) groups is 2. The van der Waals surface area contributed by atoms with Crippen LogP contribution in [-0.2, 0) is 16.0 Å². The smallest absolute Gasteiger partial charge is 0.310 e. The predicted octanol–water partition coefficient (Wildman–Crippen LogP) is 3.94. The fourth-order valence-corrected chi connectivity index (χ4v) is 3.48. The Hall–Kier alpha value is -3.54. The summed E-state index contributed by atoms with van der Waals surface area (Å²) in [7, 11) is 0. The number of benzene rings is 2. The van der Waals surface area contributed by atoms with Crippen molar-refractivity contribution in [2.75, 3.05) is 6.61 Å². The van der Waals surface area contributed by atoms with Crippen LogP contribution in [0.1, 0.15) is 39.9 Å². The molecular weight excluding hydrogens is 378 g/mol. The van der Waals surface area contributed by atoms with Crippen LogP contribution in [0.15, 0.2) is 42.5 Å². The van der Waals surface area contributed by atoms with Crippen LogP contribution in [0.2, 0.25) is 0 Å². The molecule has 0 aliphatic rings. The molecule has 0 unspecified atom stereocenters. The Morgan fingerprint density at radius 1 is 0.933 bits per heavy atom. The van der Waals surface area contributed by atoms with Crippen LogP contribution in [0.5, 0.6) is 0 Å². The van der Waals surface area contributed by atoms with Gasteiger partial charge in [0.15, 0.2) is 0 Å². The van der Waals surface area contributed by atoms with Crippen molar-refractivity contribution in [1.82, 2.24) is 9.97 Å². The van der Waals surface area contributed by atoms with E-state index < -0.39 is 5.91 Å². The number of hydrogen-bond acceptors (Lipinski definition) is 5. The minimum Gasteiger partial charge on any atom is -0.466 e. The Labute approximate surface area is 176 Å². The van der Waals surface area contributed by atoms with E-state index in [2.05, 4.69) is 9.97 Å². The second-order valence-corrected chi connectivity index (χ2v) is 7.16. The molecule has 0 saturated heterocycles. The molecule has 6 nitrogen and oxygen atoms in total. The zero-order chi connectivity index (χ0) is 21.8. The maximum atomic E-state index is 11.7. The fourth-order valence-electron chi connectivity index (χ4n) is 3.48. The molecule has 3 aromatic rings. The average Bonchev–Trinajstić information content (AvgIpc) is 2.68. The van der Waals surface area contributed by atoms with Gasteiger partial charge in [0, 0.05) is 5.56 Å². The minimum absolute atomic E-state index is 0.188. The van der Waals surface area contributed by atoms with Crippen molar-refractivity contribution in [3.8, 4) is 22.4 Å². The Balaban J connectivity index is 1.89. The topological polar surface area (TPSA) is 95.2 Å². The number of primary amides is 1. The van der Waals surface area contributed by atoms with E-state index in [9.17, 15) is 9.59 Å². The van der Waals surface area contributed by atoms with Gasteiger partial charge in [-0.15, -0.1) is 0 Å². The van der Waals surface area contributed by atoms with E-state index in [0.717, 1.165) is 33.5 Å². The van der Waals surface area contributed by atoms with Gasteiger partial charge in [0.05, 0.1) is 30.1 Å². The second kappa shape index (κ2) is 8.86. The van der Waals surface area contributed by atoms with Crippen LogP contribution in [0.3, 0.4) is 0 Å². The standard InChI is InChI=1S/C24H25N3O3/c1-5-30-21(28)13-17-6-11-20(14(2)12-17)18-7-9-19(10-8-18)22-15(3)26-16(4)23(27-22)24(25)29/h6-12H,5,13H2,1-4H3,(H2,25,29). The summed E-state index contributed by atoms with van der Waals surface area (Å²) in [4.78, 5) is 32.2. The van der Waals surface area contributed by atoms with Gasteiger partial charge in [0.2, 0.25) is 0 Å². The highest BCUT2D eigenvalue weighted by Gasteiger charge is 2.14. The van der Waals surface area contributed by atoms with Crippen molar-refractivity contribution in [1.29, 1.82) is 0 Å². The Bertz CT molecular complexity index is 1110. The van der Waals surface area contributed by atoms with Gasteiger partial charge in [-0.3, -0.25) is 14.6 Å². The van der Waals surface area contributed by atoms with Crippen molar-refractivity contribution in [3.05, 3.63) is 70.7 Å². The summed E-state index contributed by atoms with van der Waals surface area (Å²) in [6, 6.07) is 13.9. The molecule has 0 fully saturated rings. The van der Waals surface area contributed by atoms with Gasteiger partial charge in [-0.25, -0.2) is 4.98 Å². The first kappa shape index (κ1) is 21.2. The van der Waals surface area contributed by atoms with Gasteiger partial charge in [-0.1, -0.05) is 42.5 Å². The van der Waals surface area contributed by atoms with Gasteiger partial charge in [-0.05, 0) is 49.9 Å². The van der Waals surface area contributed by atoms with Gasteiger partial charge in [-0.2, -0.15) is 0 Å². The lowest BCUT2D eigenvalue weighted by Crippen LogP contribution is -2.17. The normalized spacial score (nSPS) is 10.7. The molecule has 0 atom stereocenters. The van der Waals surface area contributed by atoms with Crippen LogP contribution < -0.4 is 5.73 Å². The van der Waals surface area contributed by atoms with Gasteiger partial charge in [0.25, 0.3) is 5.91 Å². The van der Waals surface area contributed by atoms with Crippen LogP contribution in [0, 0.1) is 20.8 Å². The fraction of sp³-hybridized carbons (Fsp3) is 0.250. The number of amides is 1. The lowest BCUT2D eigenvalue weighted by molar-refractivity contribution is -0.142. The minimum atomic E-state index is -0.587. The lowest BCUT2D eigenvalue weighted by atomic mass is 9.96. The summed E-state index contributed by atoms with van der Waals surface area (Å²) in [6.07, 6.45) is 0.265. The Morgan fingerprint density at radius 3 is 2.20 bits per heavy atom. The third-order valence-electron chi connectivity index (χ3n) is 4.89. The molecule has 0 aliphatic heterocycles. The molecule has 6 heteroatoms. The van der Waals surface area contributed by atoms with Crippen molar-refractivity contribution in [3.63, 3.8) is 0 Å². The third-order valence-corrected chi connectivity index (χ3v) is 4.89. The summed E-state index contributed by atoms with van der Waals surface area (Å²) in [5.74, 6) is -0.810. The van der Waals surface area contributed by atoms with Crippen LogP contribution in [-0.4, -0.2) is 28.5 Å². The zero-order valence-electron chi connectivity index (χ0n) is 17.7. The van der Waals surface area contributed by atoms with E-state index in [4.69, 9.17) is 10.5 Å². The summed E-state index contributed by atoms with van der Waals surface area (Å²) < 4.78 is 5.02. The summed E-state index contributed by atoms with van der Waals surface area (Å²) in [5, 5.41) is 0. The number of rotatable bonds is 6. The molecule has 1 aromatic heterocycles.